The molecule has 5 rings (SSSR count). The Balaban J connectivity index is 1.63. The summed E-state index contributed by atoms with van der Waals surface area (Å²) in [6.45, 7) is 8.57. The lowest BCUT2D eigenvalue weighted by Gasteiger charge is -2.07. The first-order valence-electron chi connectivity index (χ1n) is 10.5. The number of hydrogen-bond donors (Lipinski definition) is 1. The van der Waals surface area contributed by atoms with Gasteiger partial charge < -0.3 is 4.57 Å². The van der Waals surface area contributed by atoms with Crippen molar-refractivity contribution in [3.05, 3.63) is 73.7 Å². The number of nitrogens with one attached hydrogen (secondary N) is 1. The van der Waals surface area contributed by atoms with Crippen LogP contribution in [0.1, 0.15) is 29.4 Å². The third-order valence-corrected chi connectivity index (χ3v) is 6.26. The third-order valence-electron chi connectivity index (χ3n) is 5.41. The summed E-state index contributed by atoms with van der Waals surface area (Å²) in [6.07, 6.45) is 0. The molecule has 1 N–H and O–H groups in total. The number of aromatic nitrogens is 8. The molecule has 0 saturated heterocycles. The van der Waals surface area contributed by atoms with E-state index in [0.717, 1.165) is 22.5 Å². The van der Waals surface area contributed by atoms with Gasteiger partial charge in [0.2, 0.25) is 5.16 Å². The average Bonchev–Trinajstić information content (AvgIpc) is 3.33. The minimum absolute atomic E-state index is 0.298. The molecule has 4 aromatic heterocycles. The van der Waals surface area contributed by atoms with Gasteiger partial charge in [-0.2, -0.15) is 4.98 Å². The number of fused-ring (bicyclic) bond motifs is 2. The first-order chi connectivity index (χ1) is 15.8. The molecule has 0 aliphatic rings. The van der Waals surface area contributed by atoms with Gasteiger partial charge in [0.15, 0.2) is 16.3 Å². The summed E-state index contributed by atoms with van der Waals surface area (Å²) in [5.41, 5.74) is 3.57. The van der Waals surface area contributed by atoms with Crippen LogP contribution < -0.4 is 11.2 Å². The van der Waals surface area contributed by atoms with E-state index in [1.54, 1.807) is 9.08 Å². The fourth-order valence-electron chi connectivity index (χ4n) is 3.82. The zero-order chi connectivity index (χ0) is 23.3. The first-order valence-corrected chi connectivity index (χ1v) is 11.3. The van der Waals surface area contributed by atoms with Gasteiger partial charge in [0.25, 0.3) is 11.3 Å². The predicted molar refractivity (Wildman–Crippen MR) is 125 cm³/mol. The zero-order valence-corrected chi connectivity index (χ0v) is 19.5. The molecular weight excluding hydrogens is 440 g/mol. The van der Waals surface area contributed by atoms with Crippen molar-refractivity contribution in [2.75, 3.05) is 0 Å². The number of aryl methyl sites for hydroxylation is 4. The third kappa shape index (κ3) is 3.74. The Bertz CT molecular complexity index is 1630. The van der Waals surface area contributed by atoms with Crippen LogP contribution in [0.5, 0.6) is 0 Å². The molecule has 33 heavy (non-hydrogen) atoms. The molecule has 4 heterocycles. The zero-order valence-electron chi connectivity index (χ0n) is 18.7. The summed E-state index contributed by atoms with van der Waals surface area (Å²) in [4.78, 5) is 41.5. The van der Waals surface area contributed by atoms with Crippen LogP contribution in [-0.4, -0.2) is 38.7 Å². The maximum atomic E-state index is 12.7. The second-order valence-corrected chi connectivity index (χ2v) is 8.82. The van der Waals surface area contributed by atoms with Gasteiger partial charge in [-0.15, -0.1) is 5.10 Å². The molecular formula is C22H22N8O2S. The van der Waals surface area contributed by atoms with Crippen molar-refractivity contribution in [2.45, 2.75) is 51.1 Å². The molecule has 0 radical (unpaired) electrons. The number of hydrogen-bond acceptors (Lipinski definition) is 7. The Kier molecular flexibility index (Phi) is 5.12. The van der Waals surface area contributed by atoms with Crippen LogP contribution in [0.4, 0.5) is 0 Å². The molecule has 0 aliphatic carbocycles. The van der Waals surface area contributed by atoms with Crippen LogP contribution in [0.2, 0.25) is 0 Å². The van der Waals surface area contributed by atoms with Crippen molar-refractivity contribution in [3.63, 3.8) is 0 Å². The van der Waals surface area contributed by atoms with Crippen LogP contribution >= 0.6 is 11.8 Å². The van der Waals surface area contributed by atoms with Gasteiger partial charge in [0.05, 0.1) is 6.54 Å². The molecule has 0 unspecified atom stereocenters. The van der Waals surface area contributed by atoms with E-state index >= 15 is 0 Å². The van der Waals surface area contributed by atoms with Gasteiger partial charge in [-0.05, 0) is 51.1 Å². The molecule has 1 aromatic carbocycles. The van der Waals surface area contributed by atoms with E-state index in [9.17, 15) is 9.59 Å². The number of aromatic amines is 1. The normalized spacial score (nSPS) is 11.6. The number of H-pyrrole nitrogens is 1. The number of rotatable bonds is 5. The summed E-state index contributed by atoms with van der Waals surface area (Å²) in [5, 5.41) is 5.53. The number of nitrogens with zero attached hydrogens (tertiary/aromatic N) is 7. The fourth-order valence-corrected chi connectivity index (χ4v) is 4.70. The minimum Gasteiger partial charge on any atom is -0.313 e. The quantitative estimate of drug-likeness (QED) is 0.426. The van der Waals surface area contributed by atoms with Crippen LogP contribution in [0.15, 0.2) is 50.2 Å². The van der Waals surface area contributed by atoms with Crippen LogP contribution in [0, 0.1) is 20.8 Å². The lowest BCUT2D eigenvalue weighted by molar-refractivity contribution is 0.697. The highest BCUT2D eigenvalue weighted by molar-refractivity contribution is 7.99. The summed E-state index contributed by atoms with van der Waals surface area (Å²) in [5.74, 6) is 0.503. The monoisotopic (exact) mass is 462 g/mol. The second kappa shape index (κ2) is 8.00. The first kappa shape index (κ1) is 21.1. The highest BCUT2D eigenvalue weighted by Gasteiger charge is 2.20. The summed E-state index contributed by atoms with van der Waals surface area (Å²) >= 11 is 1.24. The molecule has 5 aromatic rings. The van der Waals surface area contributed by atoms with Crippen molar-refractivity contribution in [1.82, 2.24) is 38.7 Å². The molecule has 168 valence electrons. The second-order valence-electron chi connectivity index (χ2n) is 7.89. The van der Waals surface area contributed by atoms with Gasteiger partial charge in [0, 0.05) is 17.9 Å². The standard InChI is InChI=1S/C22H22N8O2S/c1-5-28-16-17(29(21(32)25-18(16)31)11-15-8-6-12(2)7-9-15)24-22(28)33-20-26-19-23-13(3)10-14(4)30(19)27-20/h6-10H,5,11H2,1-4H3,(H,25,31,32). The van der Waals surface area contributed by atoms with E-state index < -0.39 is 11.2 Å². The molecule has 11 heteroatoms. The predicted octanol–water partition coefficient (Wildman–Crippen LogP) is 2.47. The molecule has 0 atom stereocenters. The molecule has 0 fully saturated rings. The van der Waals surface area contributed by atoms with Gasteiger partial charge >= 0.3 is 5.69 Å². The van der Waals surface area contributed by atoms with E-state index in [1.165, 1.54) is 16.3 Å². The van der Waals surface area contributed by atoms with E-state index in [1.807, 2.05) is 58.0 Å². The molecule has 0 saturated carbocycles. The maximum Gasteiger partial charge on any atom is 0.330 e. The Morgan fingerprint density at radius 1 is 1.00 bits per heavy atom. The summed E-state index contributed by atoms with van der Waals surface area (Å²) < 4.78 is 4.94. The SMILES string of the molecule is CCn1c(Sc2nc3nc(C)cc(C)n3n2)nc2c1c(=O)[nH]c(=O)n2Cc1ccc(C)cc1. The maximum absolute atomic E-state index is 12.7. The highest BCUT2D eigenvalue weighted by Crippen LogP contribution is 2.27. The largest absolute Gasteiger partial charge is 0.330 e. The summed E-state index contributed by atoms with van der Waals surface area (Å²) in [7, 11) is 0. The molecule has 0 aliphatic heterocycles. The van der Waals surface area contributed by atoms with Crippen LogP contribution in [0.25, 0.3) is 16.9 Å². The highest BCUT2D eigenvalue weighted by atomic mass is 32.2. The Morgan fingerprint density at radius 2 is 1.76 bits per heavy atom. The van der Waals surface area contributed by atoms with Gasteiger partial charge in [0.1, 0.15) is 0 Å². The Labute approximate surface area is 192 Å². The fraction of sp³-hybridized carbons (Fsp3) is 0.273. The van der Waals surface area contributed by atoms with Gasteiger partial charge in [-0.25, -0.2) is 19.3 Å². The lowest BCUT2D eigenvalue weighted by Crippen LogP contribution is -2.31. The minimum atomic E-state index is -0.494. The van der Waals surface area contributed by atoms with Crippen molar-refractivity contribution in [2.24, 2.45) is 0 Å². The Hall–Kier alpha value is -3.73. The average molecular weight is 463 g/mol. The van der Waals surface area contributed by atoms with Crippen LogP contribution in [0.3, 0.4) is 0 Å². The van der Waals surface area contributed by atoms with Crippen LogP contribution in [-0.2, 0) is 13.1 Å². The van der Waals surface area contributed by atoms with Crippen molar-refractivity contribution in [3.8, 4) is 0 Å². The topological polar surface area (TPSA) is 116 Å². The number of imidazole rings is 1. The van der Waals surface area contributed by atoms with Crippen molar-refractivity contribution >= 4 is 28.7 Å². The number of benzene rings is 1. The van der Waals surface area contributed by atoms with E-state index in [2.05, 4.69) is 25.0 Å². The van der Waals surface area contributed by atoms with E-state index in [-0.39, 0.29) is 0 Å². The lowest BCUT2D eigenvalue weighted by atomic mass is 10.1. The van der Waals surface area contributed by atoms with Crippen molar-refractivity contribution < 1.29 is 0 Å². The molecule has 10 nitrogen and oxygen atoms in total. The smallest absolute Gasteiger partial charge is 0.313 e. The molecule has 0 amide bonds. The molecule has 0 spiro atoms. The summed E-state index contributed by atoms with van der Waals surface area (Å²) in [6, 6.07) is 9.83. The van der Waals surface area contributed by atoms with E-state index in [0.29, 0.717) is 40.3 Å². The van der Waals surface area contributed by atoms with E-state index in [4.69, 9.17) is 0 Å². The van der Waals surface area contributed by atoms with Gasteiger partial charge in [-0.3, -0.25) is 14.3 Å². The van der Waals surface area contributed by atoms with Crippen molar-refractivity contribution in [1.29, 1.82) is 0 Å². The Morgan fingerprint density at radius 3 is 2.48 bits per heavy atom. The van der Waals surface area contributed by atoms with Gasteiger partial charge in [-0.1, -0.05) is 29.8 Å². The molecule has 0 bridgehead atoms.